The molecule has 0 unspecified atom stereocenters. The number of nitrogens with one attached hydrogen (secondary N) is 1. The maximum atomic E-state index is 12.4. The van der Waals surface area contributed by atoms with Crippen molar-refractivity contribution < 1.29 is 14.7 Å². The minimum Gasteiger partial charge on any atom is -0.507 e. The number of hydrogen-bond donors (Lipinski definition) is 2. The van der Waals surface area contributed by atoms with Crippen LogP contribution in [0.15, 0.2) is 36.4 Å². The first-order valence-electron chi connectivity index (χ1n) is 8.15. The van der Waals surface area contributed by atoms with Crippen molar-refractivity contribution in [1.29, 1.82) is 0 Å². The molecule has 2 N–H and O–H groups in total. The van der Waals surface area contributed by atoms with Crippen LogP contribution in [-0.2, 0) is 11.3 Å². The third-order valence-electron chi connectivity index (χ3n) is 4.30. The molecule has 2 aromatic rings. The van der Waals surface area contributed by atoms with E-state index in [1.54, 1.807) is 29.2 Å². The van der Waals surface area contributed by atoms with E-state index in [1.165, 1.54) is 6.07 Å². The Hall–Kier alpha value is -2.24. The molecule has 1 aliphatic heterocycles. The van der Waals surface area contributed by atoms with Crippen molar-refractivity contribution in [3.63, 3.8) is 0 Å². The van der Waals surface area contributed by atoms with Crippen molar-refractivity contribution >= 4 is 35.0 Å². The van der Waals surface area contributed by atoms with Crippen molar-refractivity contribution in [2.24, 2.45) is 0 Å². The molecule has 1 heterocycles. The third kappa shape index (κ3) is 4.11. The lowest BCUT2D eigenvalue weighted by Gasteiger charge is -2.18. The number of aryl methyl sites for hydroxylation is 1. The quantitative estimate of drug-likeness (QED) is 0.835. The van der Waals surface area contributed by atoms with Gasteiger partial charge in [0.25, 0.3) is 5.91 Å². The number of hydrogen-bond acceptors (Lipinski definition) is 3. The Bertz CT molecular complexity index is 870. The summed E-state index contributed by atoms with van der Waals surface area (Å²) >= 11 is 11.9. The van der Waals surface area contributed by atoms with Crippen LogP contribution < -0.4 is 5.32 Å². The standard InChI is InChI=1S/C19H18Cl2N2O3/c1-11-2-5-17(24)14(6-11)19(26)22-13-8-18(25)23(10-13)9-12-3-4-15(20)16(21)7-12/h2-7,13,24H,8-10H2,1H3,(H,22,26)/t13-/m1/s1. The third-order valence-corrected chi connectivity index (χ3v) is 5.04. The molecule has 0 radical (unpaired) electrons. The number of carbonyl (C=O) groups is 2. The van der Waals surface area contributed by atoms with Crippen molar-refractivity contribution in [2.45, 2.75) is 25.9 Å². The lowest BCUT2D eigenvalue weighted by molar-refractivity contribution is -0.128. The zero-order chi connectivity index (χ0) is 18.8. The number of nitrogens with zero attached hydrogens (tertiary/aromatic N) is 1. The van der Waals surface area contributed by atoms with E-state index in [4.69, 9.17) is 23.2 Å². The molecule has 1 aliphatic rings. The van der Waals surface area contributed by atoms with E-state index in [9.17, 15) is 14.7 Å². The summed E-state index contributed by atoms with van der Waals surface area (Å²) in [6, 6.07) is 9.77. The van der Waals surface area contributed by atoms with Gasteiger partial charge in [0.1, 0.15) is 5.75 Å². The van der Waals surface area contributed by atoms with Gasteiger partial charge in [0.2, 0.25) is 5.91 Å². The molecular formula is C19H18Cl2N2O3. The van der Waals surface area contributed by atoms with E-state index in [0.29, 0.717) is 23.1 Å². The monoisotopic (exact) mass is 392 g/mol. The molecule has 136 valence electrons. The first-order chi connectivity index (χ1) is 12.3. The van der Waals surface area contributed by atoms with Crippen molar-refractivity contribution in [2.75, 3.05) is 6.54 Å². The zero-order valence-corrected chi connectivity index (χ0v) is 15.6. The number of likely N-dealkylation sites (tertiary alicyclic amines) is 1. The van der Waals surface area contributed by atoms with Gasteiger partial charge in [0, 0.05) is 19.5 Å². The SMILES string of the molecule is Cc1ccc(O)c(C(=O)N[C@@H]2CC(=O)N(Cc3ccc(Cl)c(Cl)c3)C2)c1. The van der Waals surface area contributed by atoms with Crippen LogP contribution in [-0.4, -0.2) is 34.4 Å². The summed E-state index contributed by atoms with van der Waals surface area (Å²) in [5, 5.41) is 13.6. The average Bonchev–Trinajstić information content (AvgIpc) is 2.92. The summed E-state index contributed by atoms with van der Waals surface area (Å²) in [6.07, 6.45) is 0.222. The highest BCUT2D eigenvalue weighted by molar-refractivity contribution is 6.42. The molecule has 1 fully saturated rings. The number of carbonyl (C=O) groups excluding carboxylic acids is 2. The highest BCUT2D eigenvalue weighted by Gasteiger charge is 2.31. The van der Waals surface area contributed by atoms with E-state index >= 15 is 0 Å². The lowest BCUT2D eigenvalue weighted by Crippen LogP contribution is -2.37. The van der Waals surface area contributed by atoms with Crippen molar-refractivity contribution in [3.8, 4) is 5.75 Å². The number of rotatable bonds is 4. The molecule has 0 saturated carbocycles. The van der Waals surface area contributed by atoms with Crippen LogP contribution in [0.1, 0.15) is 27.9 Å². The predicted molar refractivity (Wildman–Crippen MR) is 101 cm³/mol. The van der Waals surface area contributed by atoms with E-state index in [0.717, 1.165) is 11.1 Å². The van der Waals surface area contributed by atoms with Gasteiger partial charge in [-0.1, -0.05) is 40.9 Å². The number of phenols is 1. The predicted octanol–water partition coefficient (Wildman–Crippen LogP) is 3.54. The number of amides is 2. The fourth-order valence-corrected chi connectivity index (χ4v) is 3.30. The van der Waals surface area contributed by atoms with E-state index < -0.39 is 0 Å². The number of benzene rings is 2. The molecule has 0 aromatic heterocycles. The van der Waals surface area contributed by atoms with Gasteiger partial charge >= 0.3 is 0 Å². The second kappa shape index (κ2) is 7.56. The largest absolute Gasteiger partial charge is 0.507 e. The van der Waals surface area contributed by atoms with Gasteiger partial charge in [-0.25, -0.2) is 0 Å². The van der Waals surface area contributed by atoms with E-state index in [2.05, 4.69) is 5.32 Å². The summed E-state index contributed by atoms with van der Waals surface area (Å²) in [5.41, 5.74) is 1.95. The molecule has 5 nitrogen and oxygen atoms in total. The van der Waals surface area contributed by atoms with Crippen molar-refractivity contribution in [3.05, 3.63) is 63.1 Å². The second-order valence-corrected chi connectivity index (χ2v) is 7.23. The summed E-state index contributed by atoms with van der Waals surface area (Å²) in [5.74, 6) is -0.514. The number of phenolic OH excluding ortho intramolecular Hbond substituents is 1. The Morgan fingerprint density at radius 3 is 2.73 bits per heavy atom. The molecule has 1 atom stereocenters. The fourth-order valence-electron chi connectivity index (χ4n) is 2.97. The Labute approximate surface area is 161 Å². The molecule has 2 aromatic carbocycles. The van der Waals surface area contributed by atoms with Gasteiger partial charge < -0.3 is 15.3 Å². The van der Waals surface area contributed by atoms with Gasteiger partial charge in [0.15, 0.2) is 0 Å². The van der Waals surface area contributed by atoms with Gasteiger partial charge in [-0.05, 0) is 36.8 Å². The van der Waals surface area contributed by atoms with Gasteiger partial charge in [-0.3, -0.25) is 9.59 Å². The minimum absolute atomic E-state index is 0.0464. The minimum atomic E-state index is -0.389. The van der Waals surface area contributed by atoms with Gasteiger partial charge in [0.05, 0.1) is 21.7 Å². The molecule has 7 heteroatoms. The highest BCUT2D eigenvalue weighted by atomic mass is 35.5. The molecule has 2 amide bonds. The number of halogens is 2. The Balaban J connectivity index is 1.65. The fraction of sp³-hybridized carbons (Fsp3) is 0.263. The molecule has 1 saturated heterocycles. The zero-order valence-electron chi connectivity index (χ0n) is 14.1. The van der Waals surface area contributed by atoms with Crippen LogP contribution in [0, 0.1) is 6.92 Å². The Kier molecular flexibility index (Phi) is 5.39. The maximum absolute atomic E-state index is 12.4. The van der Waals surface area contributed by atoms with E-state index in [-0.39, 0.29) is 35.6 Å². The number of aromatic hydroxyl groups is 1. The van der Waals surface area contributed by atoms with Crippen LogP contribution in [0.5, 0.6) is 5.75 Å². The normalized spacial score (nSPS) is 16.8. The maximum Gasteiger partial charge on any atom is 0.255 e. The van der Waals surface area contributed by atoms with Gasteiger partial charge in [-0.2, -0.15) is 0 Å². The van der Waals surface area contributed by atoms with Crippen LogP contribution in [0.4, 0.5) is 0 Å². The summed E-state index contributed by atoms with van der Waals surface area (Å²) in [4.78, 5) is 26.3. The molecule has 3 rings (SSSR count). The topological polar surface area (TPSA) is 69.6 Å². The van der Waals surface area contributed by atoms with Crippen LogP contribution in [0.3, 0.4) is 0 Å². The van der Waals surface area contributed by atoms with Crippen LogP contribution >= 0.6 is 23.2 Å². The summed E-state index contributed by atoms with van der Waals surface area (Å²) in [6.45, 7) is 2.64. The van der Waals surface area contributed by atoms with E-state index in [1.807, 2.05) is 13.0 Å². The van der Waals surface area contributed by atoms with Crippen LogP contribution in [0.25, 0.3) is 0 Å². The lowest BCUT2D eigenvalue weighted by atomic mass is 10.1. The first-order valence-corrected chi connectivity index (χ1v) is 8.91. The van der Waals surface area contributed by atoms with Crippen LogP contribution in [0.2, 0.25) is 10.0 Å². The highest BCUT2D eigenvalue weighted by Crippen LogP contribution is 2.25. The molecule has 0 aliphatic carbocycles. The first kappa shape index (κ1) is 18.5. The van der Waals surface area contributed by atoms with Gasteiger partial charge in [-0.15, -0.1) is 0 Å². The second-order valence-electron chi connectivity index (χ2n) is 6.42. The molecule has 0 bridgehead atoms. The smallest absolute Gasteiger partial charge is 0.255 e. The Morgan fingerprint density at radius 1 is 1.23 bits per heavy atom. The summed E-state index contributed by atoms with van der Waals surface area (Å²) < 4.78 is 0. The summed E-state index contributed by atoms with van der Waals surface area (Å²) in [7, 11) is 0. The molecule has 0 spiro atoms. The average molecular weight is 393 g/mol. The molecule has 26 heavy (non-hydrogen) atoms. The molecular weight excluding hydrogens is 375 g/mol. The Morgan fingerprint density at radius 2 is 2.00 bits per heavy atom. The van der Waals surface area contributed by atoms with Crippen molar-refractivity contribution in [1.82, 2.24) is 10.2 Å².